The summed E-state index contributed by atoms with van der Waals surface area (Å²) < 4.78 is 0. The van der Waals surface area contributed by atoms with Gasteiger partial charge in [-0.25, -0.2) is 0 Å². The molecule has 1 aromatic rings. The zero-order valence-corrected chi connectivity index (χ0v) is 12.6. The zero-order chi connectivity index (χ0) is 14.7. The van der Waals surface area contributed by atoms with E-state index in [1.165, 1.54) is 0 Å². The number of hydrogen-bond acceptors (Lipinski definition) is 5. The first-order chi connectivity index (χ1) is 10.3. The number of likely N-dealkylation sites (tertiary alicyclic amines) is 1. The van der Waals surface area contributed by atoms with Crippen LogP contribution in [0, 0.1) is 0 Å². The molecule has 1 amide bonds. The molecular formula is C15H23N5O. The minimum atomic E-state index is 0.0908. The highest BCUT2D eigenvalue weighted by molar-refractivity contribution is 5.82. The van der Waals surface area contributed by atoms with Gasteiger partial charge in [0.15, 0.2) is 5.82 Å². The van der Waals surface area contributed by atoms with E-state index >= 15 is 0 Å². The van der Waals surface area contributed by atoms with Gasteiger partial charge in [0.25, 0.3) is 0 Å². The highest BCUT2D eigenvalue weighted by Gasteiger charge is 2.32. The Morgan fingerprint density at radius 3 is 2.81 bits per heavy atom. The molecule has 0 N–H and O–H groups in total. The van der Waals surface area contributed by atoms with Crippen molar-refractivity contribution in [1.29, 1.82) is 0 Å². The lowest BCUT2D eigenvalue weighted by atomic mass is 10.2. The van der Waals surface area contributed by atoms with Crippen LogP contribution >= 0.6 is 0 Å². The molecule has 3 heterocycles. The van der Waals surface area contributed by atoms with Crippen LogP contribution in [0.2, 0.25) is 0 Å². The standard InChI is InChI=1S/C15H23N5O/c1-18-8-3-5-13(18)15(21)20-10-4-9-19(11-12-20)14-6-2-7-16-17-14/h2,6-7,13H,3-5,8-12H2,1H3/t13-/m1/s1. The minimum Gasteiger partial charge on any atom is -0.353 e. The van der Waals surface area contributed by atoms with Crippen LogP contribution in [0.25, 0.3) is 0 Å². The summed E-state index contributed by atoms with van der Waals surface area (Å²) >= 11 is 0. The lowest BCUT2D eigenvalue weighted by Gasteiger charge is -2.27. The molecule has 0 bridgehead atoms. The number of hydrogen-bond donors (Lipinski definition) is 0. The van der Waals surface area contributed by atoms with Crippen molar-refractivity contribution in [3.63, 3.8) is 0 Å². The molecule has 0 unspecified atom stereocenters. The van der Waals surface area contributed by atoms with Gasteiger partial charge in [-0.3, -0.25) is 9.69 Å². The Morgan fingerprint density at radius 2 is 2.10 bits per heavy atom. The van der Waals surface area contributed by atoms with Crippen LogP contribution in [0.1, 0.15) is 19.3 Å². The SMILES string of the molecule is CN1CCC[C@@H]1C(=O)N1CCCN(c2cccnn2)CC1. The van der Waals surface area contributed by atoms with Gasteiger partial charge in [0, 0.05) is 32.4 Å². The van der Waals surface area contributed by atoms with Crippen LogP contribution in [0.5, 0.6) is 0 Å². The fraction of sp³-hybridized carbons (Fsp3) is 0.667. The third-order valence-electron chi connectivity index (χ3n) is 4.50. The van der Waals surface area contributed by atoms with E-state index in [1.807, 2.05) is 17.0 Å². The van der Waals surface area contributed by atoms with E-state index in [-0.39, 0.29) is 6.04 Å². The molecule has 2 aliphatic heterocycles. The maximum Gasteiger partial charge on any atom is 0.239 e. The Hall–Kier alpha value is -1.69. The van der Waals surface area contributed by atoms with E-state index in [9.17, 15) is 4.79 Å². The number of carbonyl (C=O) groups is 1. The molecule has 6 nitrogen and oxygen atoms in total. The van der Waals surface area contributed by atoms with E-state index in [4.69, 9.17) is 0 Å². The molecular weight excluding hydrogens is 266 g/mol. The van der Waals surface area contributed by atoms with E-state index in [1.54, 1.807) is 6.20 Å². The summed E-state index contributed by atoms with van der Waals surface area (Å²) in [6, 6.07) is 3.98. The van der Waals surface area contributed by atoms with E-state index in [0.717, 1.165) is 57.8 Å². The molecule has 2 aliphatic rings. The Morgan fingerprint density at radius 1 is 1.19 bits per heavy atom. The summed E-state index contributed by atoms with van der Waals surface area (Å²) in [7, 11) is 2.05. The summed E-state index contributed by atoms with van der Waals surface area (Å²) in [5.74, 6) is 1.21. The molecule has 3 rings (SSSR count). The Bertz CT molecular complexity index is 480. The predicted molar refractivity (Wildman–Crippen MR) is 81.1 cm³/mol. The van der Waals surface area contributed by atoms with Crippen LogP contribution < -0.4 is 4.90 Å². The first kappa shape index (κ1) is 14.3. The molecule has 1 atom stereocenters. The molecule has 2 saturated heterocycles. The van der Waals surface area contributed by atoms with Crippen molar-refractivity contribution in [3.8, 4) is 0 Å². The summed E-state index contributed by atoms with van der Waals surface area (Å²) in [5.41, 5.74) is 0. The Kier molecular flexibility index (Phi) is 4.34. The van der Waals surface area contributed by atoms with Crippen molar-refractivity contribution in [1.82, 2.24) is 20.0 Å². The lowest BCUT2D eigenvalue weighted by molar-refractivity contribution is -0.135. The average molecular weight is 289 g/mol. The summed E-state index contributed by atoms with van der Waals surface area (Å²) in [6.45, 7) is 4.43. The number of aromatic nitrogens is 2. The van der Waals surface area contributed by atoms with Crippen LogP contribution in [0.3, 0.4) is 0 Å². The van der Waals surface area contributed by atoms with Gasteiger partial charge in [0.1, 0.15) is 0 Å². The number of anilines is 1. The largest absolute Gasteiger partial charge is 0.353 e. The molecule has 114 valence electrons. The molecule has 0 saturated carbocycles. The third-order valence-corrected chi connectivity index (χ3v) is 4.50. The van der Waals surface area contributed by atoms with Gasteiger partial charge in [-0.1, -0.05) is 0 Å². The Balaban J connectivity index is 1.62. The number of likely N-dealkylation sites (N-methyl/N-ethyl adjacent to an activating group) is 1. The van der Waals surface area contributed by atoms with Crippen molar-refractivity contribution in [3.05, 3.63) is 18.3 Å². The van der Waals surface area contributed by atoms with Crippen LogP contribution in [-0.4, -0.2) is 71.7 Å². The van der Waals surface area contributed by atoms with Crippen LogP contribution in [0.15, 0.2) is 18.3 Å². The average Bonchev–Trinajstić information content (AvgIpc) is 2.80. The molecule has 0 aromatic carbocycles. The monoisotopic (exact) mass is 289 g/mol. The van der Waals surface area contributed by atoms with Gasteiger partial charge in [0.2, 0.25) is 5.91 Å². The third kappa shape index (κ3) is 3.15. The van der Waals surface area contributed by atoms with Gasteiger partial charge < -0.3 is 9.80 Å². The number of carbonyl (C=O) groups excluding carboxylic acids is 1. The van der Waals surface area contributed by atoms with Crippen molar-refractivity contribution in [2.75, 3.05) is 44.7 Å². The molecule has 0 radical (unpaired) electrons. The Labute approximate surface area is 125 Å². The second-order valence-electron chi connectivity index (χ2n) is 5.89. The minimum absolute atomic E-state index is 0.0908. The summed E-state index contributed by atoms with van der Waals surface area (Å²) in [5, 5.41) is 8.11. The lowest BCUT2D eigenvalue weighted by Crippen LogP contribution is -2.45. The summed E-state index contributed by atoms with van der Waals surface area (Å²) in [6.07, 6.45) is 4.80. The van der Waals surface area contributed by atoms with Gasteiger partial charge in [-0.2, -0.15) is 5.10 Å². The van der Waals surface area contributed by atoms with Crippen molar-refractivity contribution in [2.45, 2.75) is 25.3 Å². The number of rotatable bonds is 2. The molecule has 6 heteroatoms. The second-order valence-corrected chi connectivity index (χ2v) is 5.89. The van der Waals surface area contributed by atoms with Crippen molar-refractivity contribution in [2.24, 2.45) is 0 Å². The maximum absolute atomic E-state index is 12.6. The van der Waals surface area contributed by atoms with Crippen molar-refractivity contribution < 1.29 is 4.79 Å². The van der Waals surface area contributed by atoms with Gasteiger partial charge in [-0.15, -0.1) is 5.10 Å². The van der Waals surface area contributed by atoms with Crippen molar-refractivity contribution >= 4 is 11.7 Å². The molecule has 1 aromatic heterocycles. The van der Waals surface area contributed by atoms with Crippen LogP contribution in [0.4, 0.5) is 5.82 Å². The van der Waals surface area contributed by atoms with E-state index < -0.39 is 0 Å². The first-order valence-corrected chi connectivity index (χ1v) is 7.77. The molecule has 0 aliphatic carbocycles. The van der Waals surface area contributed by atoms with Gasteiger partial charge >= 0.3 is 0 Å². The van der Waals surface area contributed by atoms with Gasteiger partial charge in [-0.05, 0) is 45.0 Å². The first-order valence-electron chi connectivity index (χ1n) is 7.77. The predicted octanol–water partition coefficient (Wildman–Crippen LogP) is 0.609. The normalized spacial score (nSPS) is 24.1. The van der Waals surface area contributed by atoms with E-state index in [0.29, 0.717) is 5.91 Å². The maximum atomic E-state index is 12.6. The molecule has 21 heavy (non-hydrogen) atoms. The highest BCUT2D eigenvalue weighted by atomic mass is 16.2. The topological polar surface area (TPSA) is 52.6 Å². The summed E-state index contributed by atoms with van der Waals surface area (Å²) in [4.78, 5) is 19.1. The number of nitrogens with zero attached hydrogens (tertiary/aromatic N) is 5. The molecule has 0 spiro atoms. The number of amides is 1. The zero-order valence-electron chi connectivity index (χ0n) is 12.6. The fourth-order valence-electron chi connectivity index (χ4n) is 3.26. The van der Waals surface area contributed by atoms with Crippen LogP contribution in [-0.2, 0) is 4.79 Å². The smallest absolute Gasteiger partial charge is 0.239 e. The fourth-order valence-corrected chi connectivity index (χ4v) is 3.26. The van der Waals surface area contributed by atoms with Gasteiger partial charge in [0.05, 0.1) is 6.04 Å². The molecule has 2 fully saturated rings. The second kappa shape index (κ2) is 6.39. The van der Waals surface area contributed by atoms with E-state index in [2.05, 4.69) is 27.0 Å². The quantitative estimate of drug-likeness (QED) is 0.798. The highest BCUT2D eigenvalue weighted by Crippen LogP contribution is 2.19.